The Morgan fingerprint density at radius 2 is 2.00 bits per heavy atom. The average Bonchev–Trinajstić information content (AvgIpc) is 2.13. The van der Waals surface area contributed by atoms with E-state index in [0.29, 0.717) is 6.07 Å². The highest BCUT2D eigenvalue weighted by Gasteiger charge is 2.12. The first kappa shape index (κ1) is 10.9. The Morgan fingerprint density at radius 1 is 1.36 bits per heavy atom. The number of nitrogens with two attached hydrogens (primary N) is 1. The number of hydrogen-bond donors (Lipinski definition) is 3. The maximum Gasteiger partial charge on any atom is 0.168 e. The standard InChI is InChI=1S/C9H11F2NO2/c10-6-1-5(2-7(13)4-12)9(14)8(11)3-6/h1,3,7,13-14H,2,4,12H2. The molecule has 0 saturated heterocycles. The fraction of sp³-hybridized carbons (Fsp3) is 0.333. The smallest absolute Gasteiger partial charge is 0.168 e. The van der Waals surface area contributed by atoms with Gasteiger partial charge >= 0.3 is 0 Å². The molecule has 0 fully saturated rings. The van der Waals surface area contributed by atoms with Gasteiger partial charge in [0.2, 0.25) is 0 Å². The van der Waals surface area contributed by atoms with Crippen molar-refractivity contribution < 1.29 is 19.0 Å². The van der Waals surface area contributed by atoms with E-state index in [1.54, 1.807) is 0 Å². The van der Waals surface area contributed by atoms with Crippen LogP contribution in [0.5, 0.6) is 5.75 Å². The molecule has 1 atom stereocenters. The van der Waals surface area contributed by atoms with Crippen molar-refractivity contribution in [2.75, 3.05) is 6.54 Å². The van der Waals surface area contributed by atoms with Crippen molar-refractivity contribution in [2.45, 2.75) is 12.5 Å². The molecule has 0 radical (unpaired) electrons. The van der Waals surface area contributed by atoms with Gasteiger partial charge in [-0.05, 0) is 6.07 Å². The highest BCUT2D eigenvalue weighted by atomic mass is 19.1. The Morgan fingerprint density at radius 3 is 2.57 bits per heavy atom. The van der Waals surface area contributed by atoms with Crippen LogP contribution in [-0.4, -0.2) is 22.9 Å². The summed E-state index contributed by atoms with van der Waals surface area (Å²) in [7, 11) is 0. The van der Waals surface area contributed by atoms with Gasteiger partial charge in [-0.3, -0.25) is 0 Å². The summed E-state index contributed by atoms with van der Waals surface area (Å²) in [6.45, 7) is -0.0302. The molecule has 1 unspecified atom stereocenters. The molecule has 0 bridgehead atoms. The van der Waals surface area contributed by atoms with E-state index in [2.05, 4.69) is 0 Å². The summed E-state index contributed by atoms with van der Waals surface area (Å²) < 4.78 is 25.5. The molecule has 0 amide bonds. The van der Waals surface area contributed by atoms with Gasteiger partial charge in [-0.2, -0.15) is 0 Å². The number of phenolic OH excluding ortho intramolecular Hbond substituents is 1. The lowest BCUT2D eigenvalue weighted by Gasteiger charge is -2.09. The molecule has 0 aliphatic carbocycles. The first-order chi connectivity index (χ1) is 6.54. The molecule has 1 aromatic rings. The quantitative estimate of drug-likeness (QED) is 0.671. The van der Waals surface area contributed by atoms with Gasteiger partial charge in [-0.25, -0.2) is 8.78 Å². The zero-order valence-corrected chi connectivity index (χ0v) is 7.37. The number of hydrogen-bond acceptors (Lipinski definition) is 3. The highest BCUT2D eigenvalue weighted by Crippen LogP contribution is 2.23. The van der Waals surface area contributed by atoms with E-state index < -0.39 is 23.5 Å². The second kappa shape index (κ2) is 4.34. The maximum atomic E-state index is 12.8. The van der Waals surface area contributed by atoms with Crippen molar-refractivity contribution in [3.8, 4) is 5.75 Å². The second-order valence-electron chi connectivity index (χ2n) is 2.99. The summed E-state index contributed by atoms with van der Waals surface area (Å²) in [6, 6.07) is 1.55. The van der Waals surface area contributed by atoms with Crippen LogP contribution in [0.1, 0.15) is 5.56 Å². The zero-order valence-electron chi connectivity index (χ0n) is 7.37. The largest absolute Gasteiger partial charge is 0.505 e. The number of aromatic hydroxyl groups is 1. The van der Waals surface area contributed by atoms with Gasteiger partial charge in [0, 0.05) is 24.6 Å². The van der Waals surface area contributed by atoms with Gasteiger partial charge in [0.15, 0.2) is 11.6 Å². The summed E-state index contributed by atoms with van der Waals surface area (Å²) in [5, 5.41) is 18.3. The van der Waals surface area contributed by atoms with E-state index in [1.165, 1.54) is 0 Å². The first-order valence-corrected chi connectivity index (χ1v) is 4.09. The number of benzene rings is 1. The summed E-state index contributed by atoms with van der Waals surface area (Å²) in [6.07, 6.45) is -0.987. The minimum Gasteiger partial charge on any atom is -0.505 e. The third kappa shape index (κ3) is 2.40. The summed E-state index contributed by atoms with van der Waals surface area (Å²) >= 11 is 0. The Labute approximate surface area is 79.8 Å². The van der Waals surface area contributed by atoms with E-state index >= 15 is 0 Å². The zero-order chi connectivity index (χ0) is 10.7. The molecule has 0 saturated carbocycles. The van der Waals surface area contributed by atoms with E-state index in [1.807, 2.05) is 0 Å². The lowest BCUT2D eigenvalue weighted by molar-refractivity contribution is 0.182. The Hall–Kier alpha value is -1.20. The first-order valence-electron chi connectivity index (χ1n) is 4.09. The number of halogens is 2. The summed E-state index contributed by atoms with van der Waals surface area (Å²) in [4.78, 5) is 0. The molecule has 3 nitrogen and oxygen atoms in total. The van der Waals surface area contributed by atoms with Crippen molar-refractivity contribution in [1.82, 2.24) is 0 Å². The van der Waals surface area contributed by atoms with Gasteiger partial charge in [0.1, 0.15) is 5.82 Å². The number of phenols is 1. The summed E-state index contributed by atoms with van der Waals surface area (Å²) in [5.74, 6) is -2.47. The molecule has 0 aromatic heterocycles. The van der Waals surface area contributed by atoms with Crippen molar-refractivity contribution in [2.24, 2.45) is 5.73 Å². The minimum atomic E-state index is -1.04. The molecule has 4 N–H and O–H groups in total. The molecule has 0 aliphatic heterocycles. The molecule has 5 heteroatoms. The highest BCUT2D eigenvalue weighted by molar-refractivity contribution is 5.34. The second-order valence-corrected chi connectivity index (χ2v) is 2.99. The topological polar surface area (TPSA) is 66.5 Å². The van der Waals surface area contributed by atoms with Crippen LogP contribution in [0.3, 0.4) is 0 Å². The third-order valence-electron chi connectivity index (χ3n) is 1.83. The van der Waals surface area contributed by atoms with Gasteiger partial charge in [0.05, 0.1) is 6.10 Å². The number of rotatable bonds is 3. The lowest BCUT2D eigenvalue weighted by Crippen LogP contribution is -2.22. The van der Waals surface area contributed by atoms with Crippen molar-refractivity contribution in [1.29, 1.82) is 0 Å². The van der Waals surface area contributed by atoms with Crippen LogP contribution in [-0.2, 0) is 6.42 Å². The lowest BCUT2D eigenvalue weighted by atomic mass is 10.1. The van der Waals surface area contributed by atoms with Crippen molar-refractivity contribution in [3.63, 3.8) is 0 Å². The van der Waals surface area contributed by atoms with Crippen molar-refractivity contribution in [3.05, 3.63) is 29.3 Å². The molecule has 1 rings (SSSR count). The molecule has 0 spiro atoms. The molecular formula is C9H11F2NO2. The molecule has 1 aromatic carbocycles. The van der Waals surface area contributed by atoms with E-state index in [0.717, 1.165) is 6.07 Å². The van der Waals surface area contributed by atoms with Crippen molar-refractivity contribution >= 4 is 0 Å². The molecule has 14 heavy (non-hydrogen) atoms. The van der Waals surface area contributed by atoms with E-state index in [9.17, 15) is 13.9 Å². The van der Waals surface area contributed by atoms with Gasteiger partial charge in [0.25, 0.3) is 0 Å². The molecule has 78 valence electrons. The summed E-state index contributed by atoms with van der Waals surface area (Å²) in [5.41, 5.74) is 5.14. The molecular weight excluding hydrogens is 192 g/mol. The van der Waals surface area contributed by atoms with Crippen LogP contribution < -0.4 is 5.73 Å². The monoisotopic (exact) mass is 203 g/mol. The van der Waals surface area contributed by atoms with Crippen LogP contribution in [0.25, 0.3) is 0 Å². The maximum absolute atomic E-state index is 12.8. The molecule has 0 heterocycles. The molecule has 0 aliphatic rings. The SMILES string of the molecule is NCC(O)Cc1cc(F)cc(F)c1O. The minimum absolute atomic E-state index is 0.0143. The average molecular weight is 203 g/mol. The number of aliphatic hydroxyl groups is 1. The fourth-order valence-electron chi connectivity index (χ4n) is 1.11. The Balaban J connectivity index is 2.96. The predicted molar refractivity (Wildman–Crippen MR) is 46.8 cm³/mol. The van der Waals surface area contributed by atoms with E-state index in [-0.39, 0.29) is 18.5 Å². The fourth-order valence-corrected chi connectivity index (χ4v) is 1.11. The normalized spacial score (nSPS) is 12.9. The third-order valence-corrected chi connectivity index (χ3v) is 1.83. The van der Waals surface area contributed by atoms with Gasteiger partial charge in [-0.15, -0.1) is 0 Å². The van der Waals surface area contributed by atoms with Crippen LogP contribution >= 0.6 is 0 Å². The number of aliphatic hydroxyl groups excluding tert-OH is 1. The van der Waals surface area contributed by atoms with Crippen LogP contribution in [0.2, 0.25) is 0 Å². The van der Waals surface area contributed by atoms with Gasteiger partial charge in [-0.1, -0.05) is 0 Å². The van der Waals surface area contributed by atoms with Crippen LogP contribution in [0, 0.1) is 11.6 Å². The Kier molecular flexibility index (Phi) is 3.38. The van der Waals surface area contributed by atoms with E-state index in [4.69, 9.17) is 10.8 Å². The van der Waals surface area contributed by atoms with Gasteiger partial charge < -0.3 is 15.9 Å². The Bertz CT molecular complexity index is 331. The van der Waals surface area contributed by atoms with Crippen LogP contribution in [0.4, 0.5) is 8.78 Å². The predicted octanol–water partition coefficient (Wildman–Crippen LogP) is 0.533. The van der Waals surface area contributed by atoms with Crippen LogP contribution in [0.15, 0.2) is 12.1 Å².